The zero-order valence-electron chi connectivity index (χ0n) is 19.3. The van der Waals surface area contributed by atoms with Crippen LogP contribution in [-0.2, 0) is 10.0 Å². The van der Waals surface area contributed by atoms with Crippen LogP contribution in [0.15, 0.2) is 35.3 Å². The molecule has 10 heteroatoms. The van der Waals surface area contributed by atoms with Crippen molar-refractivity contribution in [3.8, 4) is 11.4 Å². The number of piperazine rings is 1. The highest BCUT2D eigenvalue weighted by atomic mass is 32.2. The van der Waals surface area contributed by atoms with E-state index in [4.69, 9.17) is 4.74 Å². The lowest BCUT2D eigenvalue weighted by Gasteiger charge is -2.36. The largest absolute Gasteiger partial charge is 0.483 e. The fraction of sp³-hybridized carbons (Fsp3) is 0.565. The zero-order valence-corrected chi connectivity index (χ0v) is 20.1. The Hall–Kier alpha value is -2.46. The molecule has 1 saturated heterocycles. The van der Waals surface area contributed by atoms with Crippen LogP contribution in [0.25, 0.3) is 5.69 Å². The molecule has 0 spiro atoms. The normalized spacial score (nSPS) is 22.2. The standard InChI is InChI=1S/C23H31FN4O4S/c1-16(2)33(30,31)27-12-10-26(11-13-27)20-15-25-28(19-8-5-7-18(24)14-19)23(29)22(20)32-21-9-4-6-17(21)3/h5,7-8,14-17,21H,4,6,9-13H2,1-3H3/t17-,21-/m1/s1. The minimum atomic E-state index is -3.34. The van der Waals surface area contributed by atoms with Gasteiger partial charge in [-0.3, -0.25) is 4.79 Å². The van der Waals surface area contributed by atoms with Crippen molar-refractivity contribution >= 4 is 15.7 Å². The monoisotopic (exact) mass is 478 g/mol. The van der Waals surface area contributed by atoms with Crippen LogP contribution < -0.4 is 15.2 Å². The Balaban J connectivity index is 1.67. The van der Waals surface area contributed by atoms with Gasteiger partial charge in [-0.25, -0.2) is 12.8 Å². The van der Waals surface area contributed by atoms with Gasteiger partial charge in [-0.2, -0.15) is 14.1 Å². The summed E-state index contributed by atoms with van der Waals surface area (Å²) < 4.78 is 47.8. The van der Waals surface area contributed by atoms with E-state index in [1.54, 1.807) is 26.1 Å². The molecule has 2 atom stereocenters. The summed E-state index contributed by atoms with van der Waals surface area (Å²) in [4.78, 5) is 15.4. The number of benzene rings is 1. The van der Waals surface area contributed by atoms with Crippen molar-refractivity contribution in [3.05, 3.63) is 46.6 Å². The molecule has 1 aliphatic heterocycles. The van der Waals surface area contributed by atoms with Gasteiger partial charge in [0.2, 0.25) is 15.8 Å². The van der Waals surface area contributed by atoms with Crippen molar-refractivity contribution in [2.45, 2.75) is 51.4 Å². The van der Waals surface area contributed by atoms with Crippen LogP contribution in [0.3, 0.4) is 0 Å². The molecule has 2 heterocycles. The first kappa shape index (κ1) is 23.7. The van der Waals surface area contributed by atoms with E-state index in [2.05, 4.69) is 12.0 Å². The summed E-state index contributed by atoms with van der Waals surface area (Å²) in [6, 6.07) is 5.71. The van der Waals surface area contributed by atoms with Crippen LogP contribution in [0.5, 0.6) is 5.75 Å². The zero-order chi connectivity index (χ0) is 23.8. The molecular formula is C23H31FN4O4S. The van der Waals surface area contributed by atoms with Gasteiger partial charge in [0.05, 0.1) is 17.1 Å². The van der Waals surface area contributed by atoms with Gasteiger partial charge in [-0.1, -0.05) is 13.0 Å². The summed E-state index contributed by atoms with van der Waals surface area (Å²) >= 11 is 0. The van der Waals surface area contributed by atoms with Crippen LogP contribution in [0.4, 0.5) is 10.1 Å². The molecule has 1 saturated carbocycles. The third kappa shape index (κ3) is 4.77. The van der Waals surface area contributed by atoms with Gasteiger partial charge in [0.15, 0.2) is 0 Å². The maximum atomic E-state index is 13.8. The summed E-state index contributed by atoms with van der Waals surface area (Å²) in [6.07, 6.45) is 4.42. The number of anilines is 1. The van der Waals surface area contributed by atoms with E-state index in [-0.39, 0.29) is 11.9 Å². The highest BCUT2D eigenvalue weighted by Gasteiger charge is 2.33. The second kappa shape index (κ2) is 9.42. The van der Waals surface area contributed by atoms with E-state index in [9.17, 15) is 17.6 Å². The van der Waals surface area contributed by atoms with Crippen LogP contribution >= 0.6 is 0 Å². The second-order valence-corrected chi connectivity index (χ2v) is 11.6. The molecule has 1 aromatic carbocycles. The number of aromatic nitrogens is 2. The van der Waals surface area contributed by atoms with E-state index in [0.29, 0.717) is 43.5 Å². The molecule has 0 unspecified atom stereocenters. The van der Waals surface area contributed by atoms with Gasteiger partial charge in [0, 0.05) is 26.2 Å². The Morgan fingerprint density at radius 3 is 2.48 bits per heavy atom. The SMILES string of the molecule is CC(C)S(=O)(=O)N1CCN(c2cnn(-c3cccc(F)c3)c(=O)c2O[C@@H]2CCC[C@H]2C)CC1. The van der Waals surface area contributed by atoms with E-state index >= 15 is 0 Å². The molecular weight excluding hydrogens is 447 g/mol. The fourth-order valence-corrected chi connectivity index (χ4v) is 5.75. The van der Waals surface area contributed by atoms with E-state index < -0.39 is 26.6 Å². The lowest BCUT2D eigenvalue weighted by atomic mass is 10.1. The number of hydrogen-bond acceptors (Lipinski definition) is 6. The number of rotatable bonds is 6. The maximum Gasteiger partial charge on any atom is 0.316 e. The third-order valence-electron chi connectivity index (χ3n) is 6.55. The minimum absolute atomic E-state index is 0.0811. The average Bonchev–Trinajstić information content (AvgIpc) is 3.19. The summed E-state index contributed by atoms with van der Waals surface area (Å²) in [6.45, 7) is 6.96. The molecule has 2 aliphatic rings. The van der Waals surface area contributed by atoms with Gasteiger partial charge >= 0.3 is 5.56 Å². The summed E-state index contributed by atoms with van der Waals surface area (Å²) in [5.74, 6) is 0.0499. The Kier molecular flexibility index (Phi) is 6.76. The first-order valence-corrected chi connectivity index (χ1v) is 13.0. The first-order chi connectivity index (χ1) is 15.7. The topological polar surface area (TPSA) is 84.7 Å². The molecule has 0 bridgehead atoms. The number of nitrogens with zero attached hydrogens (tertiary/aromatic N) is 4. The highest BCUT2D eigenvalue weighted by molar-refractivity contribution is 7.89. The average molecular weight is 479 g/mol. The molecule has 2 aromatic rings. The smallest absolute Gasteiger partial charge is 0.316 e. The summed E-state index contributed by atoms with van der Waals surface area (Å²) in [5, 5.41) is 3.82. The van der Waals surface area contributed by atoms with Crippen molar-refractivity contribution in [2.75, 3.05) is 31.1 Å². The summed E-state index contributed by atoms with van der Waals surface area (Å²) in [7, 11) is -3.34. The molecule has 8 nitrogen and oxygen atoms in total. The van der Waals surface area contributed by atoms with Gasteiger partial charge in [0.25, 0.3) is 0 Å². The number of sulfonamides is 1. The lowest BCUT2D eigenvalue weighted by Crippen LogP contribution is -2.50. The Bertz CT molecular complexity index is 1160. The van der Waals surface area contributed by atoms with Crippen molar-refractivity contribution in [1.29, 1.82) is 0 Å². The predicted molar refractivity (Wildman–Crippen MR) is 125 cm³/mol. The van der Waals surface area contributed by atoms with Crippen LogP contribution in [0.2, 0.25) is 0 Å². The molecule has 0 amide bonds. The van der Waals surface area contributed by atoms with Crippen LogP contribution in [0, 0.1) is 11.7 Å². The molecule has 180 valence electrons. The Morgan fingerprint density at radius 1 is 1.15 bits per heavy atom. The third-order valence-corrected chi connectivity index (χ3v) is 8.83. The Labute approximate surface area is 194 Å². The molecule has 4 rings (SSSR count). The number of halogens is 1. The van der Waals surface area contributed by atoms with Crippen molar-refractivity contribution < 1.29 is 17.5 Å². The minimum Gasteiger partial charge on any atom is -0.483 e. The van der Waals surface area contributed by atoms with Crippen molar-refractivity contribution in [1.82, 2.24) is 14.1 Å². The van der Waals surface area contributed by atoms with Gasteiger partial charge in [-0.05, 0) is 57.2 Å². The van der Waals surface area contributed by atoms with Gasteiger partial charge in [0.1, 0.15) is 17.6 Å². The van der Waals surface area contributed by atoms with Crippen LogP contribution in [-0.4, -0.2) is 60.0 Å². The lowest BCUT2D eigenvalue weighted by molar-refractivity contribution is 0.164. The highest BCUT2D eigenvalue weighted by Crippen LogP contribution is 2.33. The van der Waals surface area contributed by atoms with E-state index in [0.717, 1.165) is 23.9 Å². The van der Waals surface area contributed by atoms with Crippen molar-refractivity contribution in [3.63, 3.8) is 0 Å². The van der Waals surface area contributed by atoms with Crippen LogP contribution in [0.1, 0.15) is 40.0 Å². The fourth-order valence-electron chi connectivity index (χ4n) is 4.48. The number of hydrogen-bond donors (Lipinski definition) is 0. The Morgan fingerprint density at radius 2 is 1.88 bits per heavy atom. The molecule has 33 heavy (non-hydrogen) atoms. The van der Waals surface area contributed by atoms with Gasteiger partial charge in [-0.15, -0.1) is 0 Å². The first-order valence-electron chi connectivity index (χ1n) is 11.5. The number of ether oxygens (including phenoxy) is 1. The molecule has 0 N–H and O–H groups in total. The molecule has 0 radical (unpaired) electrons. The maximum absolute atomic E-state index is 13.8. The summed E-state index contributed by atoms with van der Waals surface area (Å²) in [5.41, 5.74) is 0.423. The predicted octanol–water partition coefficient (Wildman–Crippen LogP) is 2.80. The van der Waals surface area contributed by atoms with Crippen molar-refractivity contribution in [2.24, 2.45) is 5.92 Å². The van der Waals surface area contributed by atoms with E-state index in [1.165, 1.54) is 22.5 Å². The molecule has 1 aliphatic carbocycles. The molecule has 2 fully saturated rings. The quantitative estimate of drug-likeness (QED) is 0.635. The van der Waals surface area contributed by atoms with E-state index in [1.807, 2.05) is 4.90 Å². The molecule has 1 aromatic heterocycles. The van der Waals surface area contributed by atoms with Gasteiger partial charge < -0.3 is 9.64 Å². The second-order valence-electron chi connectivity index (χ2n) is 9.10.